The van der Waals surface area contributed by atoms with Crippen molar-refractivity contribution >= 4 is 10.0 Å². The molecule has 4 nitrogen and oxygen atoms in total. The average Bonchev–Trinajstić information content (AvgIpc) is 2.56. The molecule has 0 saturated heterocycles. The SMILES string of the molecule is CCc1ccc(OCCS(=O)(=O)N(C)Cc2ccccc2)cc1. The molecule has 23 heavy (non-hydrogen) atoms. The number of aryl methyl sites for hydroxylation is 1. The lowest BCUT2D eigenvalue weighted by molar-refractivity contribution is 0.336. The van der Waals surface area contributed by atoms with Crippen LogP contribution in [0.2, 0.25) is 0 Å². The molecule has 2 rings (SSSR count). The minimum absolute atomic E-state index is 0.0359. The molecular formula is C18H23NO3S. The smallest absolute Gasteiger partial charge is 0.217 e. The third-order valence-corrected chi connectivity index (χ3v) is 5.43. The second-order valence-electron chi connectivity index (χ2n) is 5.40. The van der Waals surface area contributed by atoms with E-state index in [1.807, 2.05) is 54.6 Å². The third-order valence-electron chi connectivity index (χ3n) is 3.66. The van der Waals surface area contributed by atoms with E-state index in [9.17, 15) is 8.42 Å². The van der Waals surface area contributed by atoms with Crippen molar-refractivity contribution in [3.8, 4) is 5.75 Å². The lowest BCUT2D eigenvalue weighted by Gasteiger charge is -2.17. The van der Waals surface area contributed by atoms with Gasteiger partial charge in [-0.15, -0.1) is 0 Å². The summed E-state index contributed by atoms with van der Waals surface area (Å²) in [6.45, 7) is 2.60. The van der Waals surface area contributed by atoms with Crippen LogP contribution in [0, 0.1) is 0 Å². The van der Waals surface area contributed by atoms with Crippen molar-refractivity contribution in [3.05, 3.63) is 65.7 Å². The van der Waals surface area contributed by atoms with Crippen LogP contribution in [0.3, 0.4) is 0 Å². The maximum Gasteiger partial charge on any atom is 0.217 e. The Kier molecular flexibility index (Phi) is 6.19. The molecule has 0 aromatic heterocycles. The molecule has 0 amide bonds. The van der Waals surface area contributed by atoms with Crippen LogP contribution in [0.5, 0.6) is 5.75 Å². The van der Waals surface area contributed by atoms with E-state index in [4.69, 9.17) is 4.74 Å². The van der Waals surface area contributed by atoms with Gasteiger partial charge in [0.25, 0.3) is 0 Å². The molecule has 0 saturated carbocycles. The number of ether oxygens (including phenoxy) is 1. The van der Waals surface area contributed by atoms with Crippen LogP contribution in [-0.4, -0.2) is 32.1 Å². The first-order chi connectivity index (χ1) is 11.0. The van der Waals surface area contributed by atoms with Crippen LogP contribution in [0.1, 0.15) is 18.1 Å². The van der Waals surface area contributed by atoms with E-state index in [2.05, 4.69) is 6.92 Å². The molecule has 0 radical (unpaired) electrons. The van der Waals surface area contributed by atoms with E-state index in [0.717, 1.165) is 12.0 Å². The Labute approximate surface area is 138 Å². The standard InChI is InChI=1S/C18H23NO3S/c1-3-16-9-11-18(12-10-16)22-13-14-23(20,21)19(2)15-17-7-5-4-6-8-17/h4-12H,3,13-15H2,1-2H3. The van der Waals surface area contributed by atoms with E-state index >= 15 is 0 Å². The molecule has 0 unspecified atom stereocenters. The Hall–Kier alpha value is -1.85. The molecule has 5 heteroatoms. The van der Waals surface area contributed by atoms with E-state index in [1.165, 1.54) is 9.87 Å². The number of hydrogen-bond donors (Lipinski definition) is 0. The van der Waals surface area contributed by atoms with Crippen LogP contribution < -0.4 is 4.74 Å². The second kappa shape index (κ2) is 8.13. The summed E-state index contributed by atoms with van der Waals surface area (Å²) in [5, 5.41) is 0. The predicted molar refractivity (Wildman–Crippen MR) is 93.0 cm³/mol. The summed E-state index contributed by atoms with van der Waals surface area (Å²) >= 11 is 0. The highest BCUT2D eigenvalue weighted by Gasteiger charge is 2.18. The summed E-state index contributed by atoms with van der Waals surface area (Å²) in [7, 11) is -1.74. The van der Waals surface area contributed by atoms with Gasteiger partial charge in [0.15, 0.2) is 0 Å². The van der Waals surface area contributed by atoms with Gasteiger partial charge in [0, 0.05) is 13.6 Å². The molecule has 0 aliphatic carbocycles. The quantitative estimate of drug-likeness (QED) is 0.746. The summed E-state index contributed by atoms with van der Waals surface area (Å²) in [5.74, 6) is 0.661. The summed E-state index contributed by atoms with van der Waals surface area (Å²) in [4.78, 5) is 0. The Morgan fingerprint density at radius 3 is 2.22 bits per heavy atom. The second-order valence-corrected chi connectivity index (χ2v) is 7.60. The highest BCUT2D eigenvalue weighted by atomic mass is 32.2. The zero-order valence-corrected chi connectivity index (χ0v) is 14.4. The van der Waals surface area contributed by atoms with Gasteiger partial charge < -0.3 is 4.74 Å². The summed E-state index contributed by atoms with van der Waals surface area (Å²) in [5.41, 5.74) is 2.20. The third kappa shape index (κ3) is 5.37. The van der Waals surface area contributed by atoms with Crippen molar-refractivity contribution in [2.75, 3.05) is 19.4 Å². The minimum atomic E-state index is -3.33. The Morgan fingerprint density at radius 1 is 0.957 bits per heavy atom. The van der Waals surface area contributed by atoms with Gasteiger partial charge in [-0.05, 0) is 29.7 Å². The molecule has 2 aromatic rings. The molecule has 0 aliphatic rings. The number of nitrogens with zero attached hydrogens (tertiary/aromatic N) is 1. The number of sulfonamides is 1. The fourth-order valence-corrected chi connectivity index (χ4v) is 3.13. The molecule has 0 spiro atoms. The summed E-state index contributed by atoms with van der Waals surface area (Å²) in [6, 6.07) is 17.3. The average molecular weight is 333 g/mol. The van der Waals surface area contributed by atoms with Gasteiger partial charge in [-0.1, -0.05) is 49.4 Å². The maximum atomic E-state index is 12.3. The lowest BCUT2D eigenvalue weighted by atomic mass is 10.2. The molecule has 0 atom stereocenters. The van der Waals surface area contributed by atoms with Gasteiger partial charge in [-0.2, -0.15) is 0 Å². The highest BCUT2D eigenvalue weighted by Crippen LogP contribution is 2.13. The molecular weight excluding hydrogens is 310 g/mol. The van der Waals surface area contributed by atoms with E-state index in [1.54, 1.807) is 7.05 Å². The van der Waals surface area contributed by atoms with Gasteiger partial charge in [0.05, 0.1) is 5.75 Å². The van der Waals surface area contributed by atoms with Gasteiger partial charge in [0.1, 0.15) is 12.4 Å². The lowest BCUT2D eigenvalue weighted by Crippen LogP contribution is -2.31. The van der Waals surface area contributed by atoms with Crippen LogP contribution >= 0.6 is 0 Å². The van der Waals surface area contributed by atoms with Gasteiger partial charge in [0.2, 0.25) is 10.0 Å². The molecule has 0 bridgehead atoms. The zero-order chi connectivity index (χ0) is 16.7. The van der Waals surface area contributed by atoms with Crippen LogP contribution in [0.25, 0.3) is 0 Å². The fraction of sp³-hybridized carbons (Fsp3) is 0.333. The first-order valence-electron chi connectivity index (χ1n) is 7.71. The number of hydrogen-bond acceptors (Lipinski definition) is 3. The van der Waals surface area contributed by atoms with Gasteiger partial charge in [-0.3, -0.25) is 0 Å². The van der Waals surface area contributed by atoms with Crippen LogP contribution in [-0.2, 0) is 23.0 Å². The monoisotopic (exact) mass is 333 g/mol. The zero-order valence-electron chi connectivity index (χ0n) is 13.6. The summed E-state index contributed by atoms with van der Waals surface area (Å²) in [6.07, 6.45) is 0.971. The van der Waals surface area contributed by atoms with Crippen LogP contribution in [0.4, 0.5) is 0 Å². The molecule has 124 valence electrons. The molecule has 0 aliphatic heterocycles. The van der Waals surface area contributed by atoms with Crippen LogP contribution in [0.15, 0.2) is 54.6 Å². The van der Waals surface area contributed by atoms with Gasteiger partial charge in [-0.25, -0.2) is 12.7 Å². The van der Waals surface area contributed by atoms with E-state index < -0.39 is 10.0 Å². The predicted octanol–water partition coefficient (Wildman–Crippen LogP) is 3.09. The van der Waals surface area contributed by atoms with Crippen molar-refractivity contribution in [2.24, 2.45) is 0 Å². The Morgan fingerprint density at radius 2 is 1.61 bits per heavy atom. The molecule has 0 heterocycles. The number of rotatable bonds is 8. The minimum Gasteiger partial charge on any atom is -0.492 e. The largest absolute Gasteiger partial charge is 0.492 e. The van der Waals surface area contributed by atoms with Crippen molar-refractivity contribution in [3.63, 3.8) is 0 Å². The topological polar surface area (TPSA) is 46.6 Å². The van der Waals surface area contributed by atoms with E-state index in [0.29, 0.717) is 12.3 Å². The van der Waals surface area contributed by atoms with Crippen molar-refractivity contribution in [2.45, 2.75) is 19.9 Å². The van der Waals surface area contributed by atoms with Crippen molar-refractivity contribution in [1.29, 1.82) is 0 Å². The molecule has 2 aromatic carbocycles. The normalized spacial score (nSPS) is 11.6. The van der Waals surface area contributed by atoms with E-state index in [-0.39, 0.29) is 12.4 Å². The number of benzene rings is 2. The summed E-state index contributed by atoms with van der Waals surface area (Å²) < 4.78 is 31.4. The van der Waals surface area contributed by atoms with Gasteiger partial charge >= 0.3 is 0 Å². The first kappa shape index (κ1) is 17.5. The van der Waals surface area contributed by atoms with Crippen molar-refractivity contribution in [1.82, 2.24) is 4.31 Å². The Bertz CT molecular complexity index is 697. The maximum absolute atomic E-state index is 12.3. The van der Waals surface area contributed by atoms with Crippen molar-refractivity contribution < 1.29 is 13.2 Å². The Balaban J connectivity index is 1.85. The first-order valence-corrected chi connectivity index (χ1v) is 9.32. The molecule has 0 N–H and O–H groups in total. The molecule has 0 fully saturated rings. The highest BCUT2D eigenvalue weighted by molar-refractivity contribution is 7.89. The fourth-order valence-electron chi connectivity index (χ4n) is 2.18.